The summed E-state index contributed by atoms with van der Waals surface area (Å²) < 4.78 is 1.18. The number of hydrogen-bond donors (Lipinski definition) is 3. The van der Waals surface area contributed by atoms with E-state index in [4.69, 9.17) is 10.8 Å². The Bertz CT molecular complexity index is 451. The molecule has 4 N–H and O–H groups in total. The van der Waals surface area contributed by atoms with Gasteiger partial charge in [-0.15, -0.1) is 5.10 Å². The van der Waals surface area contributed by atoms with E-state index in [1.54, 1.807) is 0 Å². The molecule has 0 aliphatic carbocycles. The Labute approximate surface area is 93.8 Å². The Hall–Kier alpha value is -1.77. The van der Waals surface area contributed by atoms with Crippen molar-refractivity contribution in [3.8, 4) is 0 Å². The Balaban J connectivity index is 2.73. The Morgan fingerprint density at radius 2 is 2.25 bits per heavy atom. The van der Waals surface area contributed by atoms with Gasteiger partial charge in [0.15, 0.2) is 5.16 Å². The second-order valence-corrected chi connectivity index (χ2v) is 3.80. The first kappa shape index (κ1) is 12.3. The van der Waals surface area contributed by atoms with Crippen LogP contribution in [0.4, 0.5) is 0 Å². The lowest BCUT2D eigenvalue weighted by Crippen LogP contribution is -2.22. The van der Waals surface area contributed by atoms with Crippen LogP contribution in [0.3, 0.4) is 0 Å². The number of nitrogens with one attached hydrogen (secondary N) is 1. The van der Waals surface area contributed by atoms with Crippen LogP contribution in [0.5, 0.6) is 0 Å². The normalized spacial score (nSPS) is 10.2. The number of aromatic nitrogens is 3. The molecule has 1 aromatic heterocycles. The number of hydrogen-bond acceptors (Lipinski definition) is 5. The van der Waals surface area contributed by atoms with Crippen molar-refractivity contribution in [3.05, 3.63) is 10.5 Å². The fourth-order valence-electron chi connectivity index (χ4n) is 0.959. The van der Waals surface area contributed by atoms with Crippen LogP contribution in [-0.2, 0) is 16.1 Å². The van der Waals surface area contributed by atoms with Gasteiger partial charge in [-0.25, -0.2) is 9.89 Å². The van der Waals surface area contributed by atoms with Gasteiger partial charge in [-0.3, -0.25) is 14.2 Å². The Morgan fingerprint density at radius 1 is 1.56 bits per heavy atom. The van der Waals surface area contributed by atoms with Crippen molar-refractivity contribution in [2.75, 3.05) is 5.75 Å². The van der Waals surface area contributed by atoms with Crippen LogP contribution in [0.25, 0.3) is 0 Å². The number of rotatable bonds is 6. The van der Waals surface area contributed by atoms with E-state index in [9.17, 15) is 14.4 Å². The first-order valence-corrected chi connectivity index (χ1v) is 5.27. The number of carboxylic acids is 1. The molecule has 0 atom stereocenters. The van der Waals surface area contributed by atoms with Crippen LogP contribution in [0, 0.1) is 0 Å². The number of amides is 1. The van der Waals surface area contributed by atoms with Crippen LogP contribution in [0.15, 0.2) is 9.95 Å². The number of thioether (sulfide) groups is 1. The molecule has 88 valence electrons. The molecule has 1 aromatic rings. The van der Waals surface area contributed by atoms with Crippen molar-refractivity contribution < 1.29 is 14.7 Å². The summed E-state index contributed by atoms with van der Waals surface area (Å²) in [7, 11) is 0. The molecule has 9 heteroatoms. The van der Waals surface area contributed by atoms with E-state index in [1.165, 1.54) is 4.57 Å². The minimum Gasteiger partial charge on any atom is -0.481 e. The maximum atomic E-state index is 11.2. The lowest BCUT2D eigenvalue weighted by molar-refractivity contribution is -0.134. The number of aromatic amines is 1. The zero-order chi connectivity index (χ0) is 12.1. The third kappa shape index (κ3) is 3.42. The summed E-state index contributed by atoms with van der Waals surface area (Å²) in [6, 6.07) is 0. The molecule has 0 fully saturated rings. The summed E-state index contributed by atoms with van der Waals surface area (Å²) in [5, 5.41) is 14.5. The molecule has 16 heavy (non-hydrogen) atoms. The fourth-order valence-corrected chi connectivity index (χ4v) is 1.65. The number of H-pyrrole nitrogens is 1. The average Bonchev–Trinajstić information content (AvgIpc) is 2.53. The van der Waals surface area contributed by atoms with Gasteiger partial charge in [-0.1, -0.05) is 11.8 Å². The second kappa shape index (κ2) is 5.35. The van der Waals surface area contributed by atoms with Crippen molar-refractivity contribution in [1.82, 2.24) is 14.8 Å². The van der Waals surface area contributed by atoms with Crippen molar-refractivity contribution in [3.63, 3.8) is 0 Å². The van der Waals surface area contributed by atoms with E-state index in [-0.39, 0.29) is 23.9 Å². The molecule has 1 amide bonds. The van der Waals surface area contributed by atoms with Gasteiger partial charge in [0, 0.05) is 13.0 Å². The zero-order valence-corrected chi connectivity index (χ0v) is 8.99. The molecule has 0 unspecified atom stereocenters. The van der Waals surface area contributed by atoms with Crippen LogP contribution >= 0.6 is 11.8 Å². The highest BCUT2D eigenvalue weighted by molar-refractivity contribution is 7.99. The number of nitrogens with two attached hydrogens (primary N) is 1. The molecule has 0 radical (unpaired) electrons. The summed E-state index contributed by atoms with van der Waals surface area (Å²) in [6.07, 6.45) is 0.0000709. The largest absolute Gasteiger partial charge is 0.481 e. The third-order valence-corrected chi connectivity index (χ3v) is 2.59. The summed E-state index contributed by atoms with van der Waals surface area (Å²) in [5.74, 6) is -1.76. The molecule has 8 nitrogen and oxygen atoms in total. The molecule has 0 saturated heterocycles. The molecule has 0 aliphatic rings. The van der Waals surface area contributed by atoms with E-state index >= 15 is 0 Å². The first-order chi connectivity index (χ1) is 7.50. The quantitative estimate of drug-likeness (QED) is 0.530. The number of aliphatic carboxylic acids is 1. The highest BCUT2D eigenvalue weighted by Crippen LogP contribution is 2.12. The Morgan fingerprint density at radius 3 is 2.81 bits per heavy atom. The van der Waals surface area contributed by atoms with E-state index < -0.39 is 17.6 Å². The molecule has 0 bridgehead atoms. The lowest BCUT2D eigenvalue weighted by atomic mass is 10.4. The topological polar surface area (TPSA) is 131 Å². The highest BCUT2D eigenvalue weighted by atomic mass is 32.2. The van der Waals surface area contributed by atoms with Crippen LogP contribution in [0.2, 0.25) is 0 Å². The number of nitrogens with zero attached hydrogens (tertiary/aromatic N) is 2. The maximum absolute atomic E-state index is 11.2. The van der Waals surface area contributed by atoms with E-state index in [1.807, 2.05) is 0 Å². The molecular weight excluding hydrogens is 236 g/mol. The predicted molar refractivity (Wildman–Crippen MR) is 55.0 cm³/mol. The summed E-state index contributed by atoms with van der Waals surface area (Å²) in [4.78, 5) is 32.1. The second-order valence-electron chi connectivity index (χ2n) is 2.86. The minimum absolute atomic E-state index is 0.0000709. The van der Waals surface area contributed by atoms with Crippen molar-refractivity contribution in [2.24, 2.45) is 5.73 Å². The van der Waals surface area contributed by atoms with Gasteiger partial charge < -0.3 is 10.8 Å². The zero-order valence-electron chi connectivity index (χ0n) is 8.17. The van der Waals surface area contributed by atoms with Gasteiger partial charge in [0.1, 0.15) is 0 Å². The molecule has 0 spiro atoms. The molecule has 0 aromatic carbocycles. The number of carbonyl (C=O) groups is 2. The standard InChI is InChI=1S/C7H10N4O4S/c8-4(12)1-2-11-6(15)9-10-7(11)16-3-5(13)14/h1-3H2,(H2,8,12)(H,9,15)(H,13,14). The van der Waals surface area contributed by atoms with Crippen molar-refractivity contribution in [1.29, 1.82) is 0 Å². The van der Waals surface area contributed by atoms with Gasteiger partial charge >= 0.3 is 11.7 Å². The summed E-state index contributed by atoms with van der Waals surface area (Å²) in [5.41, 5.74) is 4.45. The van der Waals surface area contributed by atoms with Gasteiger partial charge in [-0.2, -0.15) is 0 Å². The van der Waals surface area contributed by atoms with Gasteiger partial charge in [0.25, 0.3) is 0 Å². The van der Waals surface area contributed by atoms with Gasteiger partial charge in [0.2, 0.25) is 5.91 Å². The van der Waals surface area contributed by atoms with Crippen molar-refractivity contribution >= 4 is 23.6 Å². The lowest BCUT2D eigenvalue weighted by Gasteiger charge is -2.01. The molecular formula is C7H10N4O4S. The number of carbonyl (C=O) groups excluding carboxylic acids is 1. The first-order valence-electron chi connectivity index (χ1n) is 4.29. The van der Waals surface area contributed by atoms with Gasteiger partial charge in [0.05, 0.1) is 5.75 Å². The highest BCUT2D eigenvalue weighted by Gasteiger charge is 2.11. The molecule has 0 saturated carbocycles. The van der Waals surface area contributed by atoms with E-state index in [0.717, 1.165) is 11.8 Å². The molecule has 0 aliphatic heterocycles. The van der Waals surface area contributed by atoms with Crippen LogP contribution in [-0.4, -0.2) is 37.5 Å². The van der Waals surface area contributed by atoms with Crippen LogP contribution < -0.4 is 11.4 Å². The molecule has 1 heterocycles. The van der Waals surface area contributed by atoms with Crippen molar-refractivity contribution in [2.45, 2.75) is 18.1 Å². The molecule has 1 rings (SSSR count). The maximum Gasteiger partial charge on any atom is 0.343 e. The van der Waals surface area contributed by atoms with E-state index in [2.05, 4.69) is 10.2 Å². The SMILES string of the molecule is NC(=O)CCn1c(SCC(=O)O)n[nH]c1=O. The van der Waals surface area contributed by atoms with E-state index in [0.29, 0.717) is 0 Å². The monoisotopic (exact) mass is 246 g/mol. The smallest absolute Gasteiger partial charge is 0.343 e. The fraction of sp³-hybridized carbons (Fsp3) is 0.429. The van der Waals surface area contributed by atoms with Gasteiger partial charge in [-0.05, 0) is 0 Å². The minimum atomic E-state index is -1.01. The third-order valence-electron chi connectivity index (χ3n) is 1.63. The predicted octanol–water partition coefficient (Wildman–Crippen LogP) is -1.38. The summed E-state index contributed by atoms with van der Waals surface area (Å²) in [6.45, 7) is 0.0899. The Kier molecular flexibility index (Phi) is 4.11. The van der Waals surface area contributed by atoms with Crippen LogP contribution in [0.1, 0.15) is 6.42 Å². The summed E-state index contributed by atoms with van der Waals surface area (Å²) >= 11 is 0.897. The number of carboxylic acid groups (broad SMARTS) is 1. The average molecular weight is 246 g/mol. The number of primary amides is 1.